The fraction of sp³-hybridized carbons (Fsp3) is 0.533. The summed E-state index contributed by atoms with van der Waals surface area (Å²) in [6, 6.07) is 6.15. The van der Waals surface area contributed by atoms with Crippen LogP contribution in [0.3, 0.4) is 0 Å². The Labute approximate surface area is 108 Å². The van der Waals surface area contributed by atoms with E-state index in [1.807, 2.05) is 6.92 Å². The van der Waals surface area contributed by atoms with Gasteiger partial charge in [-0.15, -0.1) is 0 Å². The van der Waals surface area contributed by atoms with E-state index < -0.39 is 0 Å². The number of nitrogens with zero attached hydrogens (tertiary/aromatic N) is 1. The molecule has 0 heterocycles. The van der Waals surface area contributed by atoms with Gasteiger partial charge >= 0.3 is 0 Å². The molecule has 0 aliphatic heterocycles. The maximum atomic E-state index is 12.9. The van der Waals surface area contributed by atoms with Crippen LogP contribution in [0.1, 0.15) is 39.0 Å². The fourth-order valence-corrected chi connectivity index (χ4v) is 2.70. The van der Waals surface area contributed by atoms with Gasteiger partial charge < -0.3 is 4.90 Å². The Morgan fingerprint density at radius 2 is 1.89 bits per heavy atom. The molecule has 0 spiro atoms. The van der Waals surface area contributed by atoms with E-state index in [0.29, 0.717) is 18.9 Å². The third kappa shape index (κ3) is 3.09. The Bertz CT molecular complexity index is 395. The summed E-state index contributed by atoms with van der Waals surface area (Å²) < 4.78 is 12.9. The molecule has 1 aliphatic carbocycles. The lowest BCUT2D eigenvalue weighted by Gasteiger charge is -2.22. The van der Waals surface area contributed by atoms with Crippen molar-refractivity contribution in [1.82, 2.24) is 0 Å². The number of carbonyl (C=O) groups is 1. The van der Waals surface area contributed by atoms with Gasteiger partial charge in [0.2, 0.25) is 5.91 Å². The molecule has 1 aliphatic rings. The number of rotatable bonds is 4. The molecular formula is C15H20FNO. The summed E-state index contributed by atoms with van der Waals surface area (Å²) in [5, 5.41) is 0. The topological polar surface area (TPSA) is 20.3 Å². The summed E-state index contributed by atoms with van der Waals surface area (Å²) in [7, 11) is 0. The van der Waals surface area contributed by atoms with Gasteiger partial charge in [0.05, 0.1) is 0 Å². The van der Waals surface area contributed by atoms with Gasteiger partial charge in [-0.1, -0.05) is 12.8 Å². The van der Waals surface area contributed by atoms with Crippen molar-refractivity contribution in [1.29, 1.82) is 0 Å². The number of halogens is 1. The largest absolute Gasteiger partial charge is 0.313 e. The van der Waals surface area contributed by atoms with Crippen LogP contribution in [0.5, 0.6) is 0 Å². The number of benzene rings is 1. The monoisotopic (exact) mass is 249 g/mol. The third-order valence-corrected chi connectivity index (χ3v) is 3.69. The maximum absolute atomic E-state index is 12.9. The van der Waals surface area contributed by atoms with Crippen LogP contribution in [-0.4, -0.2) is 12.5 Å². The first kappa shape index (κ1) is 13.1. The van der Waals surface area contributed by atoms with Crippen molar-refractivity contribution in [3.8, 4) is 0 Å². The summed E-state index contributed by atoms with van der Waals surface area (Å²) in [5.74, 6) is 0.445. The molecule has 1 amide bonds. The quantitative estimate of drug-likeness (QED) is 0.795. The van der Waals surface area contributed by atoms with E-state index in [0.717, 1.165) is 5.69 Å². The van der Waals surface area contributed by atoms with Crippen LogP contribution in [0.2, 0.25) is 0 Å². The Kier molecular flexibility index (Phi) is 4.34. The molecule has 1 aromatic rings. The summed E-state index contributed by atoms with van der Waals surface area (Å²) >= 11 is 0. The number of carbonyl (C=O) groups excluding carboxylic acids is 1. The van der Waals surface area contributed by atoms with Crippen molar-refractivity contribution in [2.45, 2.75) is 39.0 Å². The fourth-order valence-electron chi connectivity index (χ4n) is 2.70. The highest BCUT2D eigenvalue weighted by Crippen LogP contribution is 2.29. The number of amides is 1. The highest BCUT2D eigenvalue weighted by atomic mass is 19.1. The zero-order chi connectivity index (χ0) is 13.0. The second kappa shape index (κ2) is 5.98. The van der Waals surface area contributed by atoms with Gasteiger partial charge in [-0.2, -0.15) is 0 Å². The Hall–Kier alpha value is -1.38. The van der Waals surface area contributed by atoms with E-state index in [1.54, 1.807) is 17.0 Å². The standard InChI is InChI=1S/C15H20FNO/c1-2-17(14-9-7-13(16)8-10-14)15(18)11-12-5-3-4-6-12/h7-10,12H,2-6,11H2,1H3. The lowest BCUT2D eigenvalue weighted by molar-refractivity contribution is -0.119. The summed E-state index contributed by atoms with van der Waals surface area (Å²) in [6.07, 6.45) is 5.48. The maximum Gasteiger partial charge on any atom is 0.227 e. The van der Waals surface area contributed by atoms with Crippen molar-refractivity contribution in [3.05, 3.63) is 30.1 Å². The minimum Gasteiger partial charge on any atom is -0.313 e. The summed E-state index contributed by atoms with van der Waals surface area (Å²) in [6.45, 7) is 2.59. The molecule has 0 bridgehead atoms. The number of hydrogen-bond donors (Lipinski definition) is 0. The third-order valence-electron chi connectivity index (χ3n) is 3.69. The molecule has 2 nitrogen and oxygen atoms in total. The Morgan fingerprint density at radius 3 is 2.44 bits per heavy atom. The molecule has 1 aromatic carbocycles. The second-order valence-corrected chi connectivity index (χ2v) is 4.97. The molecule has 1 saturated carbocycles. The zero-order valence-corrected chi connectivity index (χ0v) is 10.9. The van der Waals surface area contributed by atoms with E-state index >= 15 is 0 Å². The lowest BCUT2D eigenvalue weighted by atomic mass is 10.0. The smallest absolute Gasteiger partial charge is 0.227 e. The van der Waals surface area contributed by atoms with E-state index in [1.165, 1.54) is 37.8 Å². The van der Waals surface area contributed by atoms with Crippen molar-refractivity contribution in [3.63, 3.8) is 0 Å². The van der Waals surface area contributed by atoms with Gasteiger partial charge in [0.1, 0.15) is 5.82 Å². The summed E-state index contributed by atoms with van der Waals surface area (Å²) in [5.41, 5.74) is 0.793. The SMILES string of the molecule is CCN(C(=O)CC1CCCC1)c1ccc(F)cc1. The first-order chi connectivity index (χ1) is 8.70. The van der Waals surface area contributed by atoms with Crippen LogP contribution in [0.4, 0.5) is 10.1 Å². The molecule has 18 heavy (non-hydrogen) atoms. The van der Waals surface area contributed by atoms with Gasteiger partial charge in [-0.3, -0.25) is 4.79 Å². The molecule has 0 radical (unpaired) electrons. The second-order valence-electron chi connectivity index (χ2n) is 4.97. The van der Waals surface area contributed by atoms with Crippen LogP contribution in [-0.2, 0) is 4.79 Å². The zero-order valence-electron chi connectivity index (χ0n) is 10.9. The normalized spacial score (nSPS) is 15.9. The lowest BCUT2D eigenvalue weighted by Crippen LogP contribution is -2.31. The van der Waals surface area contributed by atoms with Crippen LogP contribution < -0.4 is 4.90 Å². The highest BCUT2D eigenvalue weighted by molar-refractivity contribution is 5.93. The molecule has 2 rings (SSSR count). The Morgan fingerprint density at radius 1 is 1.28 bits per heavy atom. The number of hydrogen-bond acceptors (Lipinski definition) is 1. The molecule has 0 N–H and O–H groups in total. The van der Waals surface area contributed by atoms with Gasteiger partial charge in [0.25, 0.3) is 0 Å². The van der Waals surface area contributed by atoms with E-state index in [-0.39, 0.29) is 11.7 Å². The van der Waals surface area contributed by atoms with Crippen LogP contribution in [0.25, 0.3) is 0 Å². The molecule has 0 aromatic heterocycles. The Balaban J connectivity index is 2.02. The van der Waals surface area contributed by atoms with Crippen molar-refractivity contribution >= 4 is 11.6 Å². The van der Waals surface area contributed by atoms with Crippen molar-refractivity contribution in [2.24, 2.45) is 5.92 Å². The average Bonchev–Trinajstić information content (AvgIpc) is 2.85. The van der Waals surface area contributed by atoms with Crippen LogP contribution >= 0.6 is 0 Å². The molecule has 0 unspecified atom stereocenters. The van der Waals surface area contributed by atoms with Crippen molar-refractivity contribution in [2.75, 3.05) is 11.4 Å². The molecule has 98 valence electrons. The average molecular weight is 249 g/mol. The predicted molar refractivity (Wildman–Crippen MR) is 71.0 cm³/mol. The van der Waals surface area contributed by atoms with Gasteiger partial charge in [0, 0.05) is 18.7 Å². The highest BCUT2D eigenvalue weighted by Gasteiger charge is 2.22. The minimum absolute atomic E-state index is 0.163. The van der Waals surface area contributed by atoms with Gasteiger partial charge in [0.15, 0.2) is 0 Å². The molecule has 3 heteroatoms. The predicted octanol–water partition coefficient (Wildman–Crippen LogP) is 3.76. The van der Waals surface area contributed by atoms with E-state index in [4.69, 9.17) is 0 Å². The minimum atomic E-state index is -0.266. The number of anilines is 1. The van der Waals surface area contributed by atoms with Gasteiger partial charge in [-0.25, -0.2) is 4.39 Å². The first-order valence-electron chi connectivity index (χ1n) is 6.76. The molecule has 1 fully saturated rings. The summed E-state index contributed by atoms with van der Waals surface area (Å²) in [4.78, 5) is 14.0. The van der Waals surface area contributed by atoms with E-state index in [9.17, 15) is 9.18 Å². The van der Waals surface area contributed by atoms with Gasteiger partial charge in [-0.05, 0) is 49.9 Å². The van der Waals surface area contributed by atoms with Crippen LogP contribution in [0, 0.1) is 11.7 Å². The first-order valence-corrected chi connectivity index (χ1v) is 6.76. The molecule has 0 saturated heterocycles. The molecule has 0 atom stereocenters. The van der Waals surface area contributed by atoms with Crippen LogP contribution in [0.15, 0.2) is 24.3 Å². The van der Waals surface area contributed by atoms with E-state index in [2.05, 4.69) is 0 Å². The molecular weight excluding hydrogens is 229 g/mol. The van der Waals surface area contributed by atoms with Crippen molar-refractivity contribution < 1.29 is 9.18 Å².